The summed E-state index contributed by atoms with van der Waals surface area (Å²) in [4.78, 5) is 12.7. The number of hydrogen-bond acceptors (Lipinski definition) is 6. The van der Waals surface area contributed by atoms with Gasteiger partial charge >= 0.3 is 0 Å². The third-order valence-corrected chi connectivity index (χ3v) is 10.5. The second kappa shape index (κ2) is 16.0. The van der Waals surface area contributed by atoms with E-state index in [1.807, 2.05) is 43.1 Å². The zero-order valence-corrected chi connectivity index (χ0v) is 29.1. The van der Waals surface area contributed by atoms with Crippen LogP contribution < -0.4 is 4.74 Å². The molecule has 5 nitrogen and oxygen atoms in total. The van der Waals surface area contributed by atoms with E-state index in [-0.39, 0.29) is 5.54 Å². The molecule has 1 aliphatic rings. The van der Waals surface area contributed by atoms with Crippen molar-refractivity contribution in [3.63, 3.8) is 0 Å². The molecule has 0 saturated carbocycles. The van der Waals surface area contributed by atoms with E-state index in [9.17, 15) is 0 Å². The number of oxime groups is 1. The van der Waals surface area contributed by atoms with Crippen LogP contribution in [0, 0.1) is 0 Å². The zero-order valence-electron chi connectivity index (χ0n) is 28.3. The van der Waals surface area contributed by atoms with Gasteiger partial charge in [0.05, 0.1) is 11.3 Å². The van der Waals surface area contributed by atoms with E-state index >= 15 is 0 Å². The van der Waals surface area contributed by atoms with E-state index in [1.54, 1.807) is 6.20 Å². The maximum absolute atomic E-state index is 5.98. The summed E-state index contributed by atoms with van der Waals surface area (Å²) in [6, 6.07) is 53.7. The Labute approximate surface area is 299 Å². The van der Waals surface area contributed by atoms with Crippen molar-refractivity contribution in [2.45, 2.75) is 24.1 Å². The van der Waals surface area contributed by atoms with Crippen LogP contribution in [-0.4, -0.2) is 46.5 Å². The topological polar surface area (TPSA) is 47.0 Å². The highest BCUT2D eigenvalue weighted by molar-refractivity contribution is 8.00. The van der Waals surface area contributed by atoms with Crippen LogP contribution in [0.5, 0.6) is 5.75 Å². The van der Waals surface area contributed by atoms with E-state index < -0.39 is 0 Å². The molecule has 0 aliphatic carbocycles. The quantitative estimate of drug-likeness (QED) is 0.0528. The molecule has 6 heteroatoms. The Kier molecular flexibility index (Phi) is 10.7. The summed E-state index contributed by atoms with van der Waals surface area (Å²) in [5.41, 5.74) is 8.68. The summed E-state index contributed by atoms with van der Waals surface area (Å²) in [5.74, 6) is 1.77. The van der Waals surface area contributed by atoms with Crippen LogP contribution in [0.2, 0.25) is 0 Å². The van der Waals surface area contributed by atoms with Gasteiger partial charge in [0.25, 0.3) is 0 Å². The molecule has 1 aromatic heterocycles. The Balaban J connectivity index is 0.959. The van der Waals surface area contributed by atoms with Crippen molar-refractivity contribution in [3.8, 4) is 16.9 Å². The van der Waals surface area contributed by atoms with E-state index in [0.717, 1.165) is 47.0 Å². The molecule has 1 saturated heterocycles. The van der Waals surface area contributed by atoms with Crippen LogP contribution in [0.25, 0.3) is 11.1 Å². The number of pyridine rings is 1. The van der Waals surface area contributed by atoms with Crippen molar-refractivity contribution in [3.05, 3.63) is 192 Å². The van der Waals surface area contributed by atoms with Crippen LogP contribution in [-0.2, 0) is 16.8 Å². The summed E-state index contributed by atoms with van der Waals surface area (Å²) in [6.45, 7) is 3.67. The second-order valence-electron chi connectivity index (χ2n) is 12.5. The molecule has 1 atom stereocenters. The van der Waals surface area contributed by atoms with Gasteiger partial charge in [0.2, 0.25) is 0 Å². The van der Waals surface area contributed by atoms with Gasteiger partial charge in [0, 0.05) is 41.2 Å². The molecule has 0 bridgehead atoms. The van der Waals surface area contributed by atoms with Crippen LogP contribution >= 0.6 is 11.8 Å². The first kappa shape index (κ1) is 33.3. The SMILES string of the molecule is CC(=NOCCOc1ccc(CC2CN(C(c3ccccc3)(c3ccccc3)c3ccccc3)CS2)cc1)c1cncc(-c2ccccc2)c1. The number of nitrogens with zero attached hydrogens (tertiary/aromatic N) is 3. The van der Waals surface area contributed by atoms with Gasteiger partial charge in [0.1, 0.15) is 12.4 Å². The Morgan fingerprint density at radius 1 is 0.720 bits per heavy atom. The first-order chi connectivity index (χ1) is 24.7. The first-order valence-electron chi connectivity index (χ1n) is 17.1. The number of rotatable bonds is 13. The van der Waals surface area contributed by atoms with Crippen molar-refractivity contribution in [1.29, 1.82) is 0 Å². The smallest absolute Gasteiger partial charge is 0.151 e. The summed E-state index contributed by atoms with van der Waals surface area (Å²) >= 11 is 2.04. The number of hydrogen-bond donors (Lipinski definition) is 0. The number of ether oxygens (including phenoxy) is 1. The zero-order chi connectivity index (χ0) is 34.0. The predicted octanol–water partition coefficient (Wildman–Crippen LogP) is 9.48. The summed E-state index contributed by atoms with van der Waals surface area (Å²) in [5, 5.41) is 4.77. The average molecular weight is 676 g/mol. The van der Waals surface area contributed by atoms with Gasteiger partial charge in [-0.3, -0.25) is 9.88 Å². The molecular weight excluding hydrogens is 635 g/mol. The molecule has 1 fully saturated rings. The molecule has 0 radical (unpaired) electrons. The van der Waals surface area contributed by atoms with Gasteiger partial charge in [-0.1, -0.05) is 139 Å². The largest absolute Gasteiger partial charge is 0.490 e. The van der Waals surface area contributed by atoms with Gasteiger partial charge in [-0.15, -0.1) is 11.8 Å². The maximum atomic E-state index is 5.98. The van der Waals surface area contributed by atoms with Gasteiger partial charge < -0.3 is 9.57 Å². The minimum absolute atomic E-state index is 0.353. The lowest BCUT2D eigenvalue weighted by molar-refractivity contribution is 0.107. The third kappa shape index (κ3) is 7.52. The monoisotopic (exact) mass is 675 g/mol. The van der Waals surface area contributed by atoms with Crippen molar-refractivity contribution in [2.75, 3.05) is 25.6 Å². The average Bonchev–Trinajstić information content (AvgIpc) is 3.65. The van der Waals surface area contributed by atoms with Crippen molar-refractivity contribution in [2.24, 2.45) is 5.16 Å². The maximum Gasteiger partial charge on any atom is 0.151 e. The summed E-state index contributed by atoms with van der Waals surface area (Å²) in [6.07, 6.45) is 4.66. The van der Waals surface area contributed by atoms with Gasteiger partial charge in [-0.05, 0) is 59.4 Å². The summed E-state index contributed by atoms with van der Waals surface area (Å²) < 4.78 is 5.98. The van der Waals surface area contributed by atoms with Crippen molar-refractivity contribution in [1.82, 2.24) is 9.88 Å². The van der Waals surface area contributed by atoms with Gasteiger partial charge in [0.15, 0.2) is 6.61 Å². The normalized spacial score (nSPS) is 15.1. The van der Waals surface area contributed by atoms with Crippen molar-refractivity contribution >= 4 is 17.5 Å². The second-order valence-corrected chi connectivity index (χ2v) is 13.7. The molecule has 7 rings (SSSR count). The Hall–Kier alpha value is -5.17. The molecule has 0 spiro atoms. The number of aromatic nitrogens is 1. The molecule has 0 N–H and O–H groups in total. The first-order valence-corrected chi connectivity index (χ1v) is 18.2. The van der Waals surface area contributed by atoms with Gasteiger partial charge in [-0.2, -0.15) is 0 Å². The predicted molar refractivity (Wildman–Crippen MR) is 206 cm³/mol. The fraction of sp³-hybridized carbons (Fsp3) is 0.182. The highest BCUT2D eigenvalue weighted by Gasteiger charge is 2.45. The lowest BCUT2D eigenvalue weighted by Crippen LogP contribution is -2.47. The molecule has 2 heterocycles. The molecule has 50 heavy (non-hydrogen) atoms. The molecule has 1 aliphatic heterocycles. The Bertz CT molecular complexity index is 1870. The minimum atomic E-state index is -0.378. The van der Waals surface area contributed by atoms with Crippen LogP contribution in [0.1, 0.15) is 34.7 Å². The molecule has 6 aromatic rings. The Morgan fingerprint density at radius 3 is 1.90 bits per heavy atom. The van der Waals surface area contributed by atoms with E-state index in [1.165, 1.54) is 22.3 Å². The standard InChI is InChI=1S/C44H41N3O2S/c1-34(37-29-38(31-45-30-37)36-14-6-2-7-15-36)46-49-27-26-48-42-24-22-35(23-25-42)28-43-32-47(33-50-43)44(39-16-8-3-9-17-39,40-18-10-4-11-19-40)41-20-12-5-13-21-41/h2-25,29-31,43H,26-28,32-33H2,1H3. The lowest BCUT2D eigenvalue weighted by Gasteiger charge is -2.43. The highest BCUT2D eigenvalue weighted by Crippen LogP contribution is 2.46. The summed E-state index contributed by atoms with van der Waals surface area (Å²) in [7, 11) is 0. The van der Waals surface area contributed by atoms with Crippen LogP contribution in [0.15, 0.2) is 169 Å². The molecular formula is C44H41N3O2S. The van der Waals surface area contributed by atoms with E-state index in [0.29, 0.717) is 18.5 Å². The fourth-order valence-electron chi connectivity index (χ4n) is 6.79. The molecule has 1 unspecified atom stereocenters. The minimum Gasteiger partial charge on any atom is -0.490 e. The van der Waals surface area contributed by atoms with E-state index in [2.05, 4.69) is 148 Å². The lowest BCUT2D eigenvalue weighted by atomic mass is 9.75. The molecule has 0 amide bonds. The van der Waals surface area contributed by atoms with Crippen LogP contribution in [0.4, 0.5) is 0 Å². The van der Waals surface area contributed by atoms with Gasteiger partial charge in [-0.25, -0.2) is 0 Å². The van der Waals surface area contributed by atoms with Crippen LogP contribution in [0.3, 0.4) is 0 Å². The number of benzene rings is 5. The third-order valence-electron chi connectivity index (χ3n) is 9.23. The van der Waals surface area contributed by atoms with Crippen molar-refractivity contribution < 1.29 is 9.57 Å². The molecule has 250 valence electrons. The Morgan fingerprint density at radius 2 is 1.30 bits per heavy atom. The van der Waals surface area contributed by atoms with E-state index in [4.69, 9.17) is 9.57 Å². The molecule has 5 aromatic carbocycles. The fourth-order valence-corrected chi connectivity index (χ4v) is 8.08. The highest BCUT2D eigenvalue weighted by atomic mass is 32.2. The number of thioether (sulfide) groups is 1.